The van der Waals surface area contributed by atoms with Crippen molar-refractivity contribution in [2.75, 3.05) is 18.6 Å². The maximum absolute atomic E-state index is 13.3. The number of aromatic nitrogens is 5. The number of hydrogen-bond acceptors (Lipinski definition) is 7. The fourth-order valence-corrected chi connectivity index (χ4v) is 3.19. The minimum absolute atomic E-state index is 0.0629. The predicted molar refractivity (Wildman–Crippen MR) is 103 cm³/mol. The van der Waals surface area contributed by atoms with Gasteiger partial charge in [0.2, 0.25) is 5.91 Å². The standard InChI is InChI=1S/C18H20F3N7O2/c1-9(2)14(15(22)29)28(8-18(19,20)21)13-7-25-27-17(26-13)12-6-24-16-11(12)4-10(30-3)5-23-16/h4-7,9,14H,8H2,1-3H3,(H2,22,29)(H,23,24)/t14-/m1/s1. The molecule has 0 aliphatic rings. The average Bonchev–Trinajstić information content (AvgIpc) is 3.09. The van der Waals surface area contributed by atoms with E-state index in [1.807, 2.05) is 0 Å². The number of alkyl halides is 3. The van der Waals surface area contributed by atoms with Crippen LogP contribution in [0.4, 0.5) is 19.0 Å². The molecule has 1 atom stereocenters. The molecule has 3 aromatic heterocycles. The third-order valence-electron chi connectivity index (χ3n) is 4.43. The lowest BCUT2D eigenvalue weighted by atomic mass is 10.0. The Morgan fingerprint density at radius 2 is 2.07 bits per heavy atom. The van der Waals surface area contributed by atoms with Gasteiger partial charge in [0.15, 0.2) is 11.6 Å². The van der Waals surface area contributed by atoms with E-state index in [2.05, 4.69) is 25.1 Å². The first kappa shape index (κ1) is 21.3. The number of H-pyrrole nitrogens is 1. The van der Waals surface area contributed by atoms with Gasteiger partial charge in [-0.1, -0.05) is 13.8 Å². The highest BCUT2D eigenvalue weighted by atomic mass is 19.4. The topological polar surface area (TPSA) is 123 Å². The Bertz CT molecular complexity index is 1050. The normalized spacial score (nSPS) is 12.9. The molecule has 9 nitrogen and oxygen atoms in total. The molecular formula is C18H20F3N7O2. The van der Waals surface area contributed by atoms with Crippen LogP contribution in [0.15, 0.2) is 24.7 Å². The number of pyridine rings is 1. The molecule has 0 saturated carbocycles. The lowest BCUT2D eigenvalue weighted by molar-refractivity contribution is -0.126. The summed E-state index contributed by atoms with van der Waals surface area (Å²) >= 11 is 0. The van der Waals surface area contributed by atoms with Crippen molar-refractivity contribution in [3.8, 4) is 17.1 Å². The molecule has 12 heteroatoms. The Balaban J connectivity index is 2.10. The molecule has 0 fully saturated rings. The van der Waals surface area contributed by atoms with E-state index in [0.717, 1.165) is 11.1 Å². The van der Waals surface area contributed by atoms with Gasteiger partial charge in [-0.05, 0) is 12.0 Å². The molecule has 3 heterocycles. The van der Waals surface area contributed by atoms with Crippen LogP contribution >= 0.6 is 0 Å². The number of carbonyl (C=O) groups excluding carboxylic acids is 1. The number of rotatable bonds is 7. The number of nitrogens with zero attached hydrogens (tertiary/aromatic N) is 5. The number of nitrogens with one attached hydrogen (secondary N) is 1. The van der Waals surface area contributed by atoms with Gasteiger partial charge < -0.3 is 20.4 Å². The van der Waals surface area contributed by atoms with Crippen LogP contribution in [0, 0.1) is 5.92 Å². The Labute approximate surface area is 169 Å². The molecule has 0 aromatic carbocycles. The summed E-state index contributed by atoms with van der Waals surface area (Å²) in [6.45, 7) is 1.79. The molecule has 0 bridgehead atoms. The van der Waals surface area contributed by atoms with Gasteiger partial charge in [-0.3, -0.25) is 4.79 Å². The molecule has 3 N–H and O–H groups in total. The maximum Gasteiger partial charge on any atom is 0.406 e. The van der Waals surface area contributed by atoms with Gasteiger partial charge in [0, 0.05) is 17.1 Å². The molecule has 1 amide bonds. The first-order chi connectivity index (χ1) is 14.1. The number of carbonyl (C=O) groups is 1. The summed E-state index contributed by atoms with van der Waals surface area (Å²) in [6, 6.07) is 0.457. The molecule has 0 aliphatic carbocycles. The zero-order valence-corrected chi connectivity index (χ0v) is 16.4. The molecule has 3 rings (SSSR count). The quantitative estimate of drug-likeness (QED) is 0.598. The van der Waals surface area contributed by atoms with Gasteiger partial charge in [0.25, 0.3) is 0 Å². The molecule has 0 radical (unpaired) electrons. The summed E-state index contributed by atoms with van der Waals surface area (Å²) in [5.41, 5.74) is 6.38. The van der Waals surface area contributed by atoms with Gasteiger partial charge in [-0.25, -0.2) is 9.97 Å². The van der Waals surface area contributed by atoms with E-state index in [1.165, 1.54) is 13.3 Å². The number of anilines is 1. The first-order valence-corrected chi connectivity index (χ1v) is 8.94. The van der Waals surface area contributed by atoms with Crippen molar-refractivity contribution in [2.45, 2.75) is 26.1 Å². The fraction of sp³-hybridized carbons (Fsp3) is 0.389. The third-order valence-corrected chi connectivity index (χ3v) is 4.43. The second-order valence-electron chi connectivity index (χ2n) is 6.95. The Morgan fingerprint density at radius 3 is 2.67 bits per heavy atom. The van der Waals surface area contributed by atoms with Crippen LogP contribution in [0.25, 0.3) is 22.4 Å². The third kappa shape index (κ3) is 4.42. The Morgan fingerprint density at radius 1 is 1.33 bits per heavy atom. The van der Waals surface area contributed by atoms with Gasteiger partial charge in [0.1, 0.15) is 24.0 Å². The van der Waals surface area contributed by atoms with E-state index in [9.17, 15) is 18.0 Å². The van der Waals surface area contributed by atoms with Gasteiger partial charge in [-0.15, -0.1) is 5.10 Å². The highest BCUT2D eigenvalue weighted by Gasteiger charge is 2.38. The minimum atomic E-state index is -4.59. The van der Waals surface area contributed by atoms with Crippen molar-refractivity contribution < 1.29 is 22.7 Å². The number of halogens is 3. The Hall–Kier alpha value is -3.44. The summed E-state index contributed by atoms with van der Waals surface area (Å²) in [5.74, 6) is -1.01. The van der Waals surface area contributed by atoms with Gasteiger partial charge in [0.05, 0.1) is 19.5 Å². The maximum atomic E-state index is 13.3. The monoisotopic (exact) mass is 423 g/mol. The Kier molecular flexibility index (Phi) is 5.76. The van der Waals surface area contributed by atoms with E-state index in [1.54, 1.807) is 26.1 Å². The van der Waals surface area contributed by atoms with E-state index < -0.39 is 30.6 Å². The molecule has 0 unspecified atom stereocenters. The highest BCUT2D eigenvalue weighted by Crippen LogP contribution is 2.30. The lowest BCUT2D eigenvalue weighted by Gasteiger charge is -2.33. The van der Waals surface area contributed by atoms with Crippen molar-refractivity contribution in [3.63, 3.8) is 0 Å². The van der Waals surface area contributed by atoms with E-state index in [-0.39, 0.29) is 11.6 Å². The highest BCUT2D eigenvalue weighted by molar-refractivity contribution is 5.92. The van der Waals surface area contributed by atoms with Crippen LogP contribution in [-0.4, -0.2) is 56.9 Å². The van der Waals surface area contributed by atoms with Crippen LogP contribution in [0.2, 0.25) is 0 Å². The van der Waals surface area contributed by atoms with Crippen LogP contribution in [0.3, 0.4) is 0 Å². The van der Waals surface area contributed by atoms with Crippen LogP contribution < -0.4 is 15.4 Å². The fourth-order valence-electron chi connectivity index (χ4n) is 3.19. The SMILES string of the molecule is COc1cnc2[nH]cc(-c3nncc(N(CC(F)(F)F)[C@@H](C(N)=O)C(C)C)n3)c2c1. The molecular weight excluding hydrogens is 403 g/mol. The molecule has 3 aromatic rings. The molecule has 160 valence electrons. The van der Waals surface area contributed by atoms with Crippen LogP contribution in [0.1, 0.15) is 13.8 Å². The van der Waals surface area contributed by atoms with E-state index in [4.69, 9.17) is 10.5 Å². The summed E-state index contributed by atoms with van der Waals surface area (Å²) < 4.78 is 44.9. The van der Waals surface area contributed by atoms with Crippen molar-refractivity contribution in [2.24, 2.45) is 11.7 Å². The molecule has 30 heavy (non-hydrogen) atoms. The van der Waals surface area contributed by atoms with Crippen LogP contribution in [0.5, 0.6) is 5.75 Å². The van der Waals surface area contributed by atoms with Gasteiger partial charge in [-0.2, -0.15) is 18.3 Å². The van der Waals surface area contributed by atoms with Gasteiger partial charge >= 0.3 is 6.18 Å². The number of aromatic amines is 1. The second-order valence-corrected chi connectivity index (χ2v) is 6.95. The smallest absolute Gasteiger partial charge is 0.406 e. The molecule has 0 saturated heterocycles. The minimum Gasteiger partial charge on any atom is -0.495 e. The number of primary amides is 1. The number of hydrogen-bond donors (Lipinski definition) is 2. The van der Waals surface area contributed by atoms with Crippen molar-refractivity contribution >= 4 is 22.8 Å². The number of ether oxygens (including phenoxy) is 1. The predicted octanol–water partition coefficient (Wildman–Crippen LogP) is 2.30. The largest absolute Gasteiger partial charge is 0.495 e. The van der Waals surface area contributed by atoms with Crippen molar-refractivity contribution in [3.05, 3.63) is 24.7 Å². The van der Waals surface area contributed by atoms with Crippen molar-refractivity contribution in [1.29, 1.82) is 0 Å². The second kappa shape index (κ2) is 8.13. The number of amides is 1. The average molecular weight is 423 g/mol. The summed E-state index contributed by atoms with van der Waals surface area (Å²) in [6.07, 6.45) is -0.434. The van der Waals surface area contributed by atoms with Crippen molar-refractivity contribution in [1.82, 2.24) is 25.1 Å². The number of nitrogens with two attached hydrogens (primary N) is 1. The number of methoxy groups -OCH3 is 1. The lowest BCUT2D eigenvalue weighted by Crippen LogP contribution is -2.52. The number of fused-ring (bicyclic) bond motifs is 1. The zero-order valence-electron chi connectivity index (χ0n) is 16.4. The molecule has 0 spiro atoms. The summed E-state index contributed by atoms with van der Waals surface area (Å²) in [4.78, 5) is 24.1. The molecule has 0 aliphatic heterocycles. The van der Waals surface area contributed by atoms with E-state index >= 15 is 0 Å². The van der Waals surface area contributed by atoms with E-state index in [0.29, 0.717) is 22.3 Å². The van der Waals surface area contributed by atoms with Crippen LogP contribution in [-0.2, 0) is 4.79 Å². The summed E-state index contributed by atoms with van der Waals surface area (Å²) in [5, 5.41) is 8.35. The first-order valence-electron chi connectivity index (χ1n) is 8.94. The summed E-state index contributed by atoms with van der Waals surface area (Å²) in [7, 11) is 1.48. The zero-order chi connectivity index (χ0) is 22.1.